The van der Waals surface area contributed by atoms with Crippen LogP contribution in [0.25, 0.3) is 10.9 Å². The summed E-state index contributed by atoms with van der Waals surface area (Å²) in [5, 5.41) is 6.47. The molecule has 7 heteroatoms. The number of anilines is 1. The minimum Gasteiger partial charge on any atom is -0.361 e. The maximum Gasteiger partial charge on any atom is 0.319 e. The fraction of sp³-hybridized carbons (Fsp3) is 0.308. The van der Waals surface area contributed by atoms with Gasteiger partial charge in [0.2, 0.25) is 0 Å². The molecule has 1 atom stereocenters. The van der Waals surface area contributed by atoms with Crippen molar-refractivity contribution in [2.75, 3.05) is 16.8 Å². The summed E-state index contributed by atoms with van der Waals surface area (Å²) in [7, 11) is -2.98. The van der Waals surface area contributed by atoms with Gasteiger partial charge in [-0.15, -0.1) is 0 Å². The SMILES string of the molecule is O=C(Nc1ccc2cc[nH]c2c1)N[C@H]1CCS(=O)(=O)C1. The lowest BCUT2D eigenvalue weighted by molar-refractivity contribution is 0.249. The summed E-state index contributed by atoms with van der Waals surface area (Å²) in [4.78, 5) is 14.9. The van der Waals surface area contributed by atoms with Gasteiger partial charge in [0.15, 0.2) is 9.84 Å². The van der Waals surface area contributed by atoms with E-state index in [1.165, 1.54) is 0 Å². The van der Waals surface area contributed by atoms with Crippen molar-refractivity contribution in [2.45, 2.75) is 12.5 Å². The first-order chi connectivity index (χ1) is 9.52. The van der Waals surface area contributed by atoms with E-state index in [0.29, 0.717) is 12.1 Å². The van der Waals surface area contributed by atoms with E-state index in [1.54, 1.807) is 6.07 Å². The number of fused-ring (bicyclic) bond motifs is 1. The van der Waals surface area contributed by atoms with Crippen LogP contribution >= 0.6 is 0 Å². The van der Waals surface area contributed by atoms with Gasteiger partial charge in [0.25, 0.3) is 0 Å². The van der Waals surface area contributed by atoms with Crippen LogP contribution in [0.15, 0.2) is 30.5 Å². The van der Waals surface area contributed by atoms with Gasteiger partial charge in [0.1, 0.15) is 0 Å². The molecule has 6 nitrogen and oxygen atoms in total. The average molecular weight is 293 g/mol. The third-order valence-electron chi connectivity index (χ3n) is 3.38. The number of urea groups is 1. The molecule has 2 aromatic rings. The van der Waals surface area contributed by atoms with E-state index in [1.807, 2.05) is 24.4 Å². The van der Waals surface area contributed by atoms with E-state index in [4.69, 9.17) is 0 Å². The number of carbonyl (C=O) groups is 1. The van der Waals surface area contributed by atoms with Crippen LogP contribution in [0.5, 0.6) is 0 Å². The molecule has 1 fully saturated rings. The Morgan fingerprint density at radius 3 is 2.90 bits per heavy atom. The molecule has 0 radical (unpaired) electrons. The molecule has 0 spiro atoms. The van der Waals surface area contributed by atoms with E-state index in [-0.39, 0.29) is 23.6 Å². The zero-order chi connectivity index (χ0) is 14.2. The standard InChI is InChI=1S/C13H15N3O3S/c17-13(16-11-4-6-20(18,19)8-11)15-10-2-1-9-3-5-14-12(9)7-10/h1-3,5,7,11,14H,4,6,8H2,(H2,15,16,17)/t11-/m0/s1. The molecule has 1 saturated heterocycles. The quantitative estimate of drug-likeness (QED) is 0.783. The summed E-state index contributed by atoms with van der Waals surface area (Å²) < 4.78 is 22.6. The lowest BCUT2D eigenvalue weighted by Gasteiger charge is -2.12. The maximum atomic E-state index is 11.8. The molecule has 2 amide bonds. The largest absolute Gasteiger partial charge is 0.361 e. The number of H-pyrrole nitrogens is 1. The Labute approximate surface area is 116 Å². The summed E-state index contributed by atoms with van der Waals surface area (Å²) in [5.74, 6) is 0.169. The second kappa shape index (κ2) is 4.82. The third-order valence-corrected chi connectivity index (χ3v) is 5.15. The van der Waals surface area contributed by atoms with Gasteiger partial charge < -0.3 is 15.6 Å². The fourth-order valence-corrected chi connectivity index (χ4v) is 4.06. The lowest BCUT2D eigenvalue weighted by Crippen LogP contribution is -2.38. The molecule has 106 valence electrons. The normalized spacial score (nSPS) is 20.9. The monoisotopic (exact) mass is 293 g/mol. The predicted octanol–water partition coefficient (Wildman–Crippen LogP) is 1.48. The Kier molecular flexibility index (Phi) is 3.13. The molecule has 3 N–H and O–H groups in total. The highest BCUT2D eigenvalue weighted by Gasteiger charge is 2.28. The van der Waals surface area contributed by atoms with Crippen molar-refractivity contribution in [3.63, 3.8) is 0 Å². The summed E-state index contributed by atoms with van der Waals surface area (Å²) >= 11 is 0. The highest BCUT2D eigenvalue weighted by molar-refractivity contribution is 7.91. The molecule has 2 heterocycles. The van der Waals surface area contributed by atoms with Gasteiger partial charge in [-0.2, -0.15) is 0 Å². The van der Waals surface area contributed by atoms with Crippen molar-refractivity contribution in [3.05, 3.63) is 30.5 Å². The number of hydrogen-bond donors (Lipinski definition) is 3. The number of nitrogens with one attached hydrogen (secondary N) is 3. The Morgan fingerprint density at radius 1 is 1.30 bits per heavy atom. The highest BCUT2D eigenvalue weighted by Crippen LogP contribution is 2.18. The van der Waals surface area contributed by atoms with Crippen LogP contribution in [0.3, 0.4) is 0 Å². The number of amides is 2. The number of carbonyl (C=O) groups excluding carboxylic acids is 1. The number of aromatic nitrogens is 1. The summed E-state index contributed by atoms with van der Waals surface area (Å²) in [5.41, 5.74) is 1.60. The van der Waals surface area contributed by atoms with Crippen LogP contribution in [0.1, 0.15) is 6.42 Å². The molecule has 0 unspecified atom stereocenters. The van der Waals surface area contributed by atoms with Gasteiger partial charge in [-0.3, -0.25) is 0 Å². The average Bonchev–Trinajstić information content (AvgIpc) is 2.95. The van der Waals surface area contributed by atoms with E-state index in [0.717, 1.165) is 10.9 Å². The van der Waals surface area contributed by atoms with Crippen molar-refractivity contribution in [1.82, 2.24) is 10.3 Å². The van der Waals surface area contributed by atoms with Crippen molar-refractivity contribution in [2.24, 2.45) is 0 Å². The molecule has 1 aromatic heterocycles. The topological polar surface area (TPSA) is 91.1 Å². The number of hydrogen-bond acceptors (Lipinski definition) is 3. The van der Waals surface area contributed by atoms with E-state index in [9.17, 15) is 13.2 Å². The van der Waals surface area contributed by atoms with Crippen molar-refractivity contribution >= 4 is 32.5 Å². The van der Waals surface area contributed by atoms with Crippen molar-refractivity contribution in [3.8, 4) is 0 Å². The number of benzene rings is 1. The molecule has 1 aliphatic rings. The summed E-state index contributed by atoms with van der Waals surface area (Å²) in [6.07, 6.45) is 2.31. The molecule has 3 rings (SSSR count). The first kappa shape index (κ1) is 13.0. The molecule has 20 heavy (non-hydrogen) atoms. The van der Waals surface area contributed by atoms with E-state index >= 15 is 0 Å². The third kappa shape index (κ3) is 2.77. The van der Waals surface area contributed by atoms with E-state index < -0.39 is 9.84 Å². The summed E-state index contributed by atoms with van der Waals surface area (Å²) in [6.45, 7) is 0. The maximum absolute atomic E-state index is 11.8. The van der Waals surface area contributed by atoms with Crippen LogP contribution < -0.4 is 10.6 Å². The zero-order valence-corrected chi connectivity index (χ0v) is 11.5. The van der Waals surface area contributed by atoms with Crippen molar-refractivity contribution < 1.29 is 13.2 Å². The minimum absolute atomic E-state index is 0.0239. The van der Waals surface area contributed by atoms with Crippen LogP contribution in [0.2, 0.25) is 0 Å². The molecular formula is C13H15N3O3S. The number of aromatic amines is 1. The highest BCUT2D eigenvalue weighted by atomic mass is 32.2. The Morgan fingerprint density at radius 2 is 2.15 bits per heavy atom. The number of rotatable bonds is 2. The molecular weight excluding hydrogens is 278 g/mol. The molecule has 0 bridgehead atoms. The van der Waals surface area contributed by atoms with Crippen LogP contribution in [-0.2, 0) is 9.84 Å². The van der Waals surface area contributed by atoms with Crippen LogP contribution in [0.4, 0.5) is 10.5 Å². The molecule has 0 saturated carbocycles. The fourth-order valence-electron chi connectivity index (χ4n) is 2.39. The van der Waals surface area contributed by atoms with Crippen molar-refractivity contribution in [1.29, 1.82) is 0 Å². The molecule has 0 aliphatic carbocycles. The smallest absolute Gasteiger partial charge is 0.319 e. The second-order valence-corrected chi connectivity index (χ2v) is 7.21. The van der Waals surface area contributed by atoms with Crippen LogP contribution in [0, 0.1) is 0 Å². The summed E-state index contributed by atoms with van der Waals surface area (Å²) in [6, 6.07) is 6.82. The van der Waals surface area contributed by atoms with Gasteiger partial charge in [-0.1, -0.05) is 6.07 Å². The van der Waals surface area contributed by atoms with Gasteiger partial charge in [-0.25, -0.2) is 13.2 Å². The van der Waals surface area contributed by atoms with Gasteiger partial charge in [0, 0.05) is 23.4 Å². The Bertz CT molecular complexity index is 751. The number of sulfone groups is 1. The van der Waals surface area contributed by atoms with Gasteiger partial charge in [0.05, 0.1) is 11.5 Å². The second-order valence-electron chi connectivity index (χ2n) is 4.98. The predicted molar refractivity (Wildman–Crippen MR) is 77.5 cm³/mol. The first-order valence-electron chi connectivity index (χ1n) is 6.37. The van der Waals surface area contributed by atoms with E-state index in [2.05, 4.69) is 15.6 Å². The first-order valence-corrected chi connectivity index (χ1v) is 8.19. The van der Waals surface area contributed by atoms with Gasteiger partial charge >= 0.3 is 6.03 Å². The molecule has 1 aliphatic heterocycles. The minimum atomic E-state index is -2.98. The zero-order valence-electron chi connectivity index (χ0n) is 10.7. The Hall–Kier alpha value is -2.02. The molecule has 1 aromatic carbocycles. The lowest BCUT2D eigenvalue weighted by atomic mass is 10.2. The Balaban J connectivity index is 1.64. The van der Waals surface area contributed by atoms with Crippen LogP contribution in [-0.4, -0.2) is 37.0 Å². The van der Waals surface area contributed by atoms with Gasteiger partial charge in [-0.05, 0) is 30.0 Å².